The Kier molecular flexibility index (Phi) is 10.8. The lowest BCUT2D eigenvalue weighted by Gasteiger charge is -2.33. The average Bonchev–Trinajstić information content (AvgIpc) is 2.92. The molecule has 3 rings (SSSR count). The van der Waals surface area contributed by atoms with Gasteiger partial charge in [0.05, 0.1) is 22.7 Å². The Bertz CT molecular complexity index is 1420. The zero-order valence-corrected chi connectivity index (χ0v) is 25.1. The first kappa shape index (κ1) is 31.3. The SMILES string of the molecule is CCC(C(=O)NC(C)C)N(Cc1ccc(Cl)cc1)C(=O)CN(c1ccc(OC)c(Cl)c1)S(=O)(=O)c1ccccc1. The van der Waals surface area contributed by atoms with E-state index in [1.807, 2.05) is 13.8 Å². The summed E-state index contributed by atoms with van der Waals surface area (Å²) in [4.78, 5) is 28.6. The lowest BCUT2D eigenvalue weighted by Crippen LogP contribution is -2.53. The predicted octanol–water partition coefficient (Wildman–Crippen LogP) is 5.53. The number of halogens is 2. The second-order valence-electron chi connectivity index (χ2n) is 9.38. The van der Waals surface area contributed by atoms with E-state index in [0.29, 0.717) is 17.2 Å². The third-order valence-electron chi connectivity index (χ3n) is 6.12. The highest BCUT2D eigenvalue weighted by molar-refractivity contribution is 7.92. The summed E-state index contributed by atoms with van der Waals surface area (Å²) in [6.07, 6.45) is 0.317. The number of methoxy groups -OCH3 is 1. The van der Waals surface area contributed by atoms with Crippen molar-refractivity contribution in [3.8, 4) is 5.75 Å². The molecule has 0 aliphatic rings. The van der Waals surface area contributed by atoms with Crippen molar-refractivity contribution in [1.29, 1.82) is 0 Å². The van der Waals surface area contributed by atoms with E-state index in [0.717, 1.165) is 9.87 Å². The van der Waals surface area contributed by atoms with Gasteiger partial charge in [0.25, 0.3) is 10.0 Å². The van der Waals surface area contributed by atoms with E-state index in [1.165, 1.54) is 42.3 Å². The maximum Gasteiger partial charge on any atom is 0.264 e. The minimum Gasteiger partial charge on any atom is -0.495 e. The fraction of sp³-hybridized carbons (Fsp3) is 0.310. The van der Waals surface area contributed by atoms with Crippen LogP contribution in [0.15, 0.2) is 77.7 Å². The third-order valence-corrected chi connectivity index (χ3v) is 8.45. The van der Waals surface area contributed by atoms with Crippen LogP contribution in [0.25, 0.3) is 0 Å². The van der Waals surface area contributed by atoms with E-state index in [2.05, 4.69) is 5.32 Å². The molecular formula is C29H33Cl2N3O5S. The fourth-order valence-electron chi connectivity index (χ4n) is 4.15. The molecule has 0 aliphatic heterocycles. The molecule has 0 saturated carbocycles. The van der Waals surface area contributed by atoms with E-state index in [9.17, 15) is 18.0 Å². The Morgan fingerprint density at radius 2 is 1.62 bits per heavy atom. The van der Waals surface area contributed by atoms with Gasteiger partial charge in [-0.05, 0) is 68.3 Å². The Labute approximate surface area is 245 Å². The number of carbonyl (C=O) groups is 2. The molecule has 11 heteroatoms. The van der Waals surface area contributed by atoms with Gasteiger partial charge in [-0.1, -0.05) is 60.5 Å². The molecule has 3 aromatic rings. The van der Waals surface area contributed by atoms with Gasteiger partial charge in [0.2, 0.25) is 11.8 Å². The van der Waals surface area contributed by atoms with Crippen LogP contribution in [0.3, 0.4) is 0 Å². The van der Waals surface area contributed by atoms with Crippen LogP contribution in [0.4, 0.5) is 5.69 Å². The number of anilines is 1. The summed E-state index contributed by atoms with van der Waals surface area (Å²) in [7, 11) is -2.75. The van der Waals surface area contributed by atoms with Crippen molar-refractivity contribution in [3.63, 3.8) is 0 Å². The number of sulfonamides is 1. The molecule has 1 atom stereocenters. The van der Waals surface area contributed by atoms with Gasteiger partial charge in [0, 0.05) is 17.6 Å². The average molecular weight is 607 g/mol. The lowest BCUT2D eigenvalue weighted by molar-refractivity contribution is -0.140. The number of nitrogens with one attached hydrogen (secondary N) is 1. The first-order valence-electron chi connectivity index (χ1n) is 12.7. The Morgan fingerprint density at radius 3 is 2.17 bits per heavy atom. The molecule has 1 N–H and O–H groups in total. The summed E-state index contributed by atoms with van der Waals surface area (Å²) in [6, 6.07) is 18.2. The molecule has 0 aromatic heterocycles. The number of benzene rings is 3. The highest BCUT2D eigenvalue weighted by Gasteiger charge is 2.34. The van der Waals surface area contributed by atoms with Crippen molar-refractivity contribution in [2.75, 3.05) is 18.0 Å². The van der Waals surface area contributed by atoms with Crippen LogP contribution in [0.2, 0.25) is 10.0 Å². The van der Waals surface area contributed by atoms with Crippen LogP contribution in [0.5, 0.6) is 5.75 Å². The second-order valence-corrected chi connectivity index (χ2v) is 12.1. The summed E-state index contributed by atoms with van der Waals surface area (Å²) in [5.41, 5.74) is 0.910. The quantitative estimate of drug-likeness (QED) is 0.293. The third kappa shape index (κ3) is 7.68. The van der Waals surface area contributed by atoms with Crippen LogP contribution in [0, 0.1) is 0 Å². The monoisotopic (exact) mass is 605 g/mol. The summed E-state index contributed by atoms with van der Waals surface area (Å²) in [5.74, 6) is -0.536. The standard InChI is InChI=1S/C29H33Cl2N3O5S/c1-5-26(29(36)32-20(2)3)33(18-21-11-13-22(30)14-12-21)28(35)19-34(23-15-16-27(39-4)25(31)17-23)40(37,38)24-9-7-6-8-10-24/h6-17,20,26H,5,18-19H2,1-4H3,(H,32,36). The van der Waals surface area contributed by atoms with E-state index in [1.54, 1.807) is 49.4 Å². The maximum absolute atomic E-state index is 14.0. The van der Waals surface area contributed by atoms with E-state index in [-0.39, 0.29) is 34.1 Å². The minimum absolute atomic E-state index is 0.00332. The van der Waals surface area contributed by atoms with E-state index >= 15 is 0 Å². The number of nitrogens with zero attached hydrogens (tertiary/aromatic N) is 2. The van der Waals surface area contributed by atoms with Crippen molar-refractivity contribution < 1.29 is 22.7 Å². The molecule has 0 radical (unpaired) electrons. The number of rotatable bonds is 12. The Balaban J connectivity index is 2.08. The first-order valence-corrected chi connectivity index (χ1v) is 14.9. The molecule has 214 valence electrons. The number of hydrogen-bond donors (Lipinski definition) is 1. The molecule has 0 bridgehead atoms. The number of carbonyl (C=O) groups excluding carboxylic acids is 2. The zero-order chi connectivity index (χ0) is 29.4. The summed E-state index contributed by atoms with van der Waals surface area (Å²) in [5, 5.41) is 3.58. The summed E-state index contributed by atoms with van der Waals surface area (Å²) in [6.45, 7) is 4.96. The van der Waals surface area contributed by atoms with Crippen molar-refractivity contribution in [2.24, 2.45) is 0 Å². The lowest BCUT2D eigenvalue weighted by atomic mass is 10.1. The molecule has 8 nitrogen and oxygen atoms in total. The van der Waals surface area contributed by atoms with Gasteiger partial charge >= 0.3 is 0 Å². The summed E-state index contributed by atoms with van der Waals surface area (Å²) < 4.78 is 33.9. The Hall–Kier alpha value is -3.27. The number of ether oxygens (including phenoxy) is 1. The van der Waals surface area contributed by atoms with Crippen LogP contribution < -0.4 is 14.4 Å². The number of hydrogen-bond acceptors (Lipinski definition) is 5. The zero-order valence-electron chi connectivity index (χ0n) is 22.8. The molecule has 1 unspecified atom stereocenters. The fourth-order valence-corrected chi connectivity index (χ4v) is 5.95. The van der Waals surface area contributed by atoms with Gasteiger partial charge in [-0.2, -0.15) is 0 Å². The van der Waals surface area contributed by atoms with Crippen LogP contribution >= 0.6 is 23.2 Å². The highest BCUT2D eigenvalue weighted by Crippen LogP contribution is 2.32. The van der Waals surface area contributed by atoms with E-state index < -0.39 is 28.5 Å². The van der Waals surface area contributed by atoms with Crippen molar-refractivity contribution in [2.45, 2.75) is 50.7 Å². The van der Waals surface area contributed by atoms with Crippen LogP contribution in [-0.2, 0) is 26.2 Å². The minimum atomic E-state index is -4.20. The molecular weight excluding hydrogens is 573 g/mol. The Morgan fingerprint density at radius 1 is 0.975 bits per heavy atom. The van der Waals surface area contributed by atoms with Crippen LogP contribution in [-0.4, -0.2) is 50.9 Å². The molecule has 0 fully saturated rings. The summed E-state index contributed by atoms with van der Waals surface area (Å²) >= 11 is 12.4. The maximum atomic E-state index is 14.0. The predicted molar refractivity (Wildman–Crippen MR) is 158 cm³/mol. The highest BCUT2D eigenvalue weighted by atomic mass is 35.5. The molecule has 2 amide bonds. The van der Waals surface area contributed by atoms with E-state index in [4.69, 9.17) is 27.9 Å². The molecule has 3 aromatic carbocycles. The van der Waals surface area contributed by atoms with Gasteiger partial charge in [0.15, 0.2) is 0 Å². The van der Waals surface area contributed by atoms with Crippen molar-refractivity contribution in [3.05, 3.63) is 88.4 Å². The van der Waals surface area contributed by atoms with Gasteiger partial charge in [-0.15, -0.1) is 0 Å². The largest absolute Gasteiger partial charge is 0.495 e. The molecule has 0 spiro atoms. The van der Waals surface area contributed by atoms with Gasteiger partial charge in [0.1, 0.15) is 18.3 Å². The van der Waals surface area contributed by atoms with Gasteiger partial charge in [-0.25, -0.2) is 8.42 Å². The second kappa shape index (κ2) is 13.9. The molecule has 0 heterocycles. The van der Waals surface area contributed by atoms with Gasteiger partial charge in [-0.3, -0.25) is 13.9 Å². The van der Waals surface area contributed by atoms with Crippen molar-refractivity contribution >= 4 is 50.7 Å². The van der Waals surface area contributed by atoms with Crippen molar-refractivity contribution in [1.82, 2.24) is 10.2 Å². The molecule has 40 heavy (non-hydrogen) atoms. The normalized spacial score (nSPS) is 12.1. The topological polar surface area (TPSA) is 96.0 Å². The molecule has 0 aliphatic carbocycles. The molecule has 0 saturated heterocycles. The van der Waals surface area contributed by atoms with Crippen LogP contribution in [0.1, 0.15) is 32.8 Å². The van der Waals surface area contributed by atoms with Gasteiger partial charge < -0.3 is 15.0 Å². The smallest absolute Gasteiger partial charge is 0.264 e. The number of amides is 2. The first-order chi connectivity index (χ1) is 19.0.